The fourth-order valence-corrected chi connectivity index (χ4v) is 1.84. The Kier molecular flexibility index (Phi) is 6.58. The quantitative estimate of drug-likeness (QED) is 0.750. The average molecular weight is 332 g/mol. The van der Waals surface area contributed by atoms with E-state index in [9.17, 15) is 23.1 Å². The first-order chi connectivity index (χ1) is 10.5. The molecule has 2 unspecified atom stereocenters. The normalized spacial score (nSPS) is 15.1. The van der Waals surface area contributed by atoms with Crippen LogP contribution in [0.3, 0.4) is 0 Å². The Labute approximate surface area is 134 Å². The fourth-order valence-electron chi connectivity index (χ4n) is 1.84. The van der Waals surface area contributed by atoms with E-state index in [1.54, 1.807) is 26.8 Å². The van der Waals surface area contributed by atoms with Gasteiger partial charge >= 0.3 is 6.18 Å². The predicted molar refractivity (Wildman–Crippen MR) is 81.7 cm³/mol. The van der Waals surface area contributed by atoms with Gasteiger partial charge in [0.15, 0.2) is 0 Å². The molecule has 0 spiro atoms. The van der Waals surface area contributed by atoms with Crippen LogP contribution in [0.25, 0.3) is 0 Å². The second-order valence-corrected chi connectivity index (χ2v) is 6.45. The molecule has 0 aromatic heterocycles. The molecule has 0 aliphatic rings. The maximum absolute atomic E-state index is 13.1. The molecule has 7 heteroatoms. The minimum absolute atomic E-state index is 0.00790. The molecule has 1 aromatic carbocycles. The van der Waals surface area contributed by atoms with Gasteiger partial charge < -0.3 is 10.4 Å². The third kappa shape index (κ3) is 6.58. The fraction of sp³-hybridized carbons (Fsp3) is 0.562. The molecule has 0 saturated carbocycles. The molecule has 0 saturated heterocycles. The van der Waals surface area contributed by atoms with Crippen LogP contribution < -0.4 is 10.6 Å². The lowest BCUT2D eigenvalue weighted by Crippen LogP contribution is -2.44. The average Bonchev–Trinajstić information content (AvgIpc) is 2.43. The van der Waals surface area contributed by atoms with Crippen molar-refractivity contribution in [2.45, 2.75) is 39.1 Å². The van der Waals surface area contributed by atoms with Crippen molar-refractivity contribution in [2.24, 2.45) is 5.41 Å². The van der Waals surface area contributed by atoms with Crippen LogP contribution in [0.2, 0.25) is 0 Å². The van der Waals surface area contributed by atoms with Gasteiger partial charge in [-0.05, 0) is 11.0 Å². The van der Waals surface area contributed by atoms with E-state index in [0.29, 0.717) is 0 Å². The smallest absolute Gasteiger partial charge is 0.391 e. The van der Waals surface area contributed by atoms with E-state index in [1.165, 1.54) is 24.3 Å². The van der Waals surface area contributed by atoms with Crippen LogP contribution in [0.1, 0.15) is 32.4 Å². The summed E-state index contributed by atoms with van der Waals surface area (Å²) < 4.78 is 39.3. The molecule has 0 aliphatic carbocycles. The Balaban J connectivity index is 2.58. The van der Waals surface area contributed by atoms with Gasteiger partial charge in [-0.15, -0.1) is 0 Å². The summed E-state index contributed by atoms with van der Waals surface area (Å²) in [5, 5.41) is 14.5. The molecule has 0 aliphatic heterocycles. The summed E-state index contributed by atoms with van der Waals surface area (Å²) in [6.45, 7) is 4.91. The number of carbonyl (C=O) groups is 1. The van der Waals surface area contributed by atoms with Gasteiger partial charge in [-0.25, -0.2) is 0 Å². The van der Waals surface area contributed by atoms with Gasteiger partial charge in [0.25, 0.3) is 0 Å². The minimum atomic E-state index is -4.51. The summed E-state index contributed by atoms with van der Waals surface area (Å²) in [4.78, 5) is 11.7. The highest BCUT2D eigenvalue weighted by Crippen LogP contribution is 2.32. The van der Waals surface area contributed by atoms with Gasteiger partial charge in [0.1, 0.15) is 6.04 Å². The lowest BCUT2D eigenvalue weighted by atomic mass is 9.89. The van der Waals surface area contributed by atoms with Crippen molar-refractivity contribution in [3.8, 4) is 0 Å². The zero-order valence-corrected chi connectivity index (χ0v) is 13.4. The Bertz CT molecular complexity index is 498. The van der Waals surface area contributed by atoms with Crippen LogP contribution in [0.4, 0.5) is 13.2 Å². The molecule has 1 amide bonds. The molecule has 0 fully saturated rings. The maximum Gasteiger partial charge on any atom is 0.407 e. The van der Waals surface area contributed by atoms with Crippen LogP contribution in [0.15, 0.2) is 30.3 Å². The summed E-state index contributed by atoms with van der Waals surface area (Å²) in [7, 11) is 0. The van der Waals surface area contributed by atoms with Crippen molar-refractivity contribution in [3.05, 3.63) is 35.9 Å². The predicted octanol–water partition coefficient (Wildman–Crippen LogP) is 2.40. The van der Waals surface area contributed by atoms with E-state index in [1.807, 2.05) is 0 Å². The number of aliphatic hydroxyl groups is 1. The molecular weight excluding hydrogens is 309 g/mol. The molecule has 1 aromatic rings. The summed E-state index contributed by atoms with van der Waals surface area (Å²) in [5.41, 5.74) is -0.373. The third-order valence-electron chi connectivity index (χ3n) is 3.42. The van der Waals surface area contributed by atoms with Gasteiger partial charge in [-0.2, -0.15) is 13.2 Å². The SMILES string of the molecule is CC(C)(C)C(O)CNC(=O)CNC(c1ccccc1)C(F)(F)F. The lowest BCUT2D eigenvalue weighted by Gasteiger charge is -2.26. The van der Waals surface area contributed by atoms with Gasteiger partial charge in [0, 0.05) is 6.54 Å². The molecule has 1 rings (SSSR count). The summed E-state index contributed by atoms with van der Waals surface area (Å²) in [6.07, 6.45) is -5.29. The van der Waals surface area contributed by atoms with E-state index in [0.717, 1.165) is 0 Å². The first-order valence-electron chi connectivity index (χ1n) is 7.31. The number of rotatable bonds is 6. The monoisotopic (exact) mass is 332 g/mol. The number of benzene rings is 1. The van der Waals surface area contributed by atoms with E-state index in [-0.39, 0.29) is 12.1 Å². The highest BCUT2D eigenvalue weighted by atomic mass is 19.4. The highest BCUT2D eigenvalue weighted by Gasteiger charge is 2.40. The van der Waals surface area contributed by atoms with Crippen molar-refractivity contribution in [2.75, 3.05) is 13.1 Å². The topological polar surface area (TPSA) is 61.4 Å². The van der Waals surface area contributed by atoms with Gasteiger partial charge in [0.05, 0.1) is 12.6 Å². The second kappa shape index (κ2) is 7.79. The first-order valence-corrected chi connectivity index (χ1v) is 7.31. The van der Waals surface area contributed by atoms with Gasteiger partial charge in [-0.3, -0.25) is 10.1 Å². The molecule has 4 nitrogen and oxygen atoms in total. The summed E-state index contributed by atoms with van der Waals surface area (Å²) >= 11 is 0. The van der Waals surface area contributed by atoms with Crippen LogP contribution in [0.5, 0.6) is 0 Å². The van der Waals surface area contributed by atoms with Gasteiger partial charge in [-0.1, -0.05) is 51.1 Å². The van der Waals surface area contributed by atoms with Crippen molar-refractivity contribution in [1.82, 2.24) is 10.6 Å². The number of alkyl halides is 3. The van der Waals surface area contributed by atoms with Crippen LogP contribution in [-0.4, -0.2) is 36.4 Å². The molecule has 3 N–H and O–H groups in total. The van der Waals surface area contributed by atoms with Gasteiger partial charge in [0.2, 0.25) is 5.91 Å². The summed E-state index contributed by atoms with van der Waals surface area (Å²) in [5.74, 6) is -0.599. The number of nitrogens with one attached hydrogen (secondary N) is 2. The Morgan fingerprint density at radius 3 is 2.22 bits per heavy atom. The Morgan fingerprint density at radius 2 is 1.74 bits per heavy atom. The van der Waals surface area contributed by atoms with Crippen LogP contribution in [0, 0.1) is 5.41 Å². The number of carbonyl (C=O) groups excluding carboxylic acids is 1. The van der Waals surface area contributed by atoms with Crippen LogP contribution >= 0.6 is 0 Å². The van der Waals surface area contributed by atoms with Crippen LogP contribution in [-0.2, 0) is 4.79 Å². The van der Waals surface area contributed by atoms with Crippen molar-refractivity contribution >= 4 is 5.91 Å². The van der Waals surface area contributed by atoms with E-state index in [2.05, 4.69) is 10.6 Å². The highest BCUT2D eigenvalue weighted by molar-refractivity contribution is 5.78. The maximum atomic E-state index is 13.1. The number of hydrogen-bond donors (Lipinski definition) is 3. The van der Waals surface area contributed by atoms with E-state index < -0.39 is 36.2 Å². The van der Waals surface area contributed by atoms with E-state index in [4.69, 9.17) is 0 Å². The summed E-state index contributed by atoms with van der Waals surface area (Å²) in [6, 6.07) is 5.43. The number of amides is 1. The molecular formula is C16H23F3N2O2. The molecule has 0 bridgehead atoms. The number of aliphatic hydroxyl groups excluding tert-OH is 1. The molecule has 0 heterocycles. The van der Waals surface area contributed by atoms with Crippen molar-refractivity contribution < 1.29 is 23.1 Å². The molecule has 2 atom stereocenters. The third-order valence-corrected chi connectivity index (χ3v) is 3.42. The molecule has 0 radical (unpaired) electrons. The van der Waals surface area contributed by atoms with E-state index >= 15 is 0 Å². The zero-order valence-electron chi connectivity index (χ0n) is 13.4. The lowest BCUT2D eigenvalue weighted by molar-refractivity contribution is -0.158. The number of hydrogen-bond acceptors (Lipinski definition) is 3. The minimum Gasteiger partial charge on any atom is -0.391 e. The first kappa shape index (κ1) is 19.4. The zero-order chi connectivity index (χ0) is 17.7. The van der Waals surface area contributed by atoms with Crippen molar-refractivity contribution in [3.63, 3.8) is 0 Å². The standard InChI is InChI=1S/C16H23F3N2O2/c1-15(2,3)12(22)9-20-13(23)10-21-14(16(17,18)19)11-7-5-4-6-8-11/h4-8,12,14,21-22H,9-10H2,1-3H3,(H,20,23). The largest absolute Gasteiger partial charge is 0.407 e. The Morgan fingerprint density at radius 1 is 1.17 bits per heavy atom. The molecule has 23 heavy (non-hydrogen) atoms. The number of halogens is 3. The Hall–Kier alpha value is -1.60. The van der Waals surface area contributed by atoms with Crippen molar-refractivity contribution in [1.29, 1.82) is 0 Å². The second-order valence-electron chi connectivity index (χ2n) is 6.45. The molecule has 130 valence electrons.